The van der Waals surface area contributed by atoms with Crippen LogP contribution in [0.4, 0.5) is 5.69 Å². The molecule has 2 N–H and O–H groups in total. The monoisotopic (exact) mass is 529 g/mol. The zero-order valence-electron chi connectivity index (χ0n) is 23.2. The van der Waals surface area contributed by atoms with Crippen LogP contribution in [0.15, 0.2) is 48.5 Å². The van der Waals surface area contributed by atoms with Gasteiger partial charge in [0.1, 0.15) is 5.60 Å². The van der Waals surface area contributed by atoms with Crippen LogP contribution in [0.25, 0.3) is 0 Å². The number of aliphatic hydroxyl groups is 1. The fourth-order valence-electron chi connectivity index (χ4n) is 7.39. The maximum atomic E-state index is 13.3. The van der Waals surface area contributed by atoms with E-state index < -0.39 is 5.60 Å². The first-order valence-electron chi connectivity index (χ1n) is 15.2. The average molecular weight is 530 g/mol. The fraction of sp³-hybridized carbons (Fsp3) is 0.576. The molecule has 1 atom stereocenters. The highest BCUT2D eigenvalue weighted by Crippen LogP contribution is 2.52. The molecule has 1 unspecified atom stereocenters. The maximum Gasteiger partial charge on any atom is 0.254 e. The molecule has 6 nitrogen and oxygen atoms in total. The van der Waals surface area contributed by atoms with E-state index >= 15 is 0 Å². The number of hydrogen-bond donors (Lipinski definition) is 2. The lowest BCUT2D eigenvalue weighted by molar-refractivity contribution is -0.143. The second-order valence-electron chi connectivity index (χ2n) is 12.3. The van der Waals surface area contributed by atoms with Gasteiger partial charge in [-0.05, 0) is 55.0 Å². The third-order valence-electron chi connectivity index (χ3n) is 9.91. The molecule has 2 aromatic rings. The van der Waals surface area contributed by atoms with Crippen LogP contribution in [-0.2, 0) is 10.2 Å². The van der Waals surface area contributed by atoms with Crippen molar-refractivity contribution in [2.24, 2.45) is 0 Å². The maximum absolute atomic E-state index is 13.3. The normalized spacial score (nSPS) is 24.4. The number of piperazine rings is 1. The van der Waals surface area contributed by atoms with Crippen LogP contribution in [-0.4, -0.2) is 65.0 Å². The van der Waals surface area contributed by atoms with Gasteiger partial charge in [0.15, 0.2) is 0 Å². The Morgan fingerprint density at radius 1 is 0.744 bits per heavy atom. The molecule has 2 aromatic carbocycles. The Morgan fingerprint density at radius 3 is 1.97 bits per heavy atom. The number of carbonyl (C=O) groups excluding carboxylic acids is 2. The van der Waals surface area contributed by atoms with Crippen molar-refractivity contribution >= 4 is 17.5 Å². The van der Waals surface area contributed by atoms with Gasteiger partial charge in [-0.3, -0.25) is 9.59 Å². The molecule has 208 valence electrons. The second kappa shape index (κ2) is 11.0. The summed E-state index contributed by atoms with van der Waals surface area (Å²) in [6, 6.07) is 17.3. The first-order valence-corrected chi connectivity index (χ1v) is 15.2. The minimum atomic E-state index is -1.14. The van der Waals surface area contributed by atoms with Crippen molar-refractivity contribution < 1.29 is 14.7 Å². The third kappa shape index (κ3) is 5.20. The number of amides is 2. The average Bonchev–Trinajstić information content (AvgIpc) is 3.74. The first-order chi connectivity index (χ1) is 19.0. The SMILES string of the molecule is O=C(c1ccc(C2CNc3ccccc3C23CCCCCCCCC3)cc1)N1CCN(C(=O)C2(O)CC2)CC1. The summed E-state index contributed by atoms with van der Waals surface area (Å²) < 4.78 is 0. The minimum Gasteiger partial charge on any atom is -0.384 e. The van der Waals surface area contributed by atoms with Gasteiger partial charge in [0.2, 0.25) is 0 Å². The van der Waals surface area contributed by atoms with Gasteiger partial charge in [0, 0.05) is 55.3 Å². The summed E-state index contributed by atoms with van der Waals surface area (Å²) in [5.74, 6) is 0.231. The van der Waals surface area contributed by atoms with E-state index in [0.29, 0.717) is 50.5 Å². The highest BCUT2D eigenvalue weighted by Gasteiger charge is 2.50. The summed E-state index contributed by atoms with van der Waals surface area (Å²) in [6.07, 6.45) is 12.8. The third-order valence-corrected chi connectivity index (χ3v) is 9.91. The van der Waals surface area contributed by atoms with Crippen molar-refractivity contribution in [3.8, 4) is 0 Å². The molecule has 2 aliphatic heterocycles. The quantitative estimate of drug-likeness (QED) is 0.553. The molecule has 2 saturated carbocycles. The number of hydrogen-bond acceptors (Lipinski definition) is 4. The smallest absolute Gasteiger partial charge is 0.254 e. The zero-order valence-corrected chi connectivity index (χ0v) is 23.2. The molecule has 39 heavy (non-hydrogen) atoms. The minimum absolute atomic E-state index is 0.0271. The number of nitrogens with one attached hydrogen (secondary N) is 1. The van der Waals surface area contributed by atoms with E-state index in [9.17, 15) is 14.7 Å². The number of para-hydroxylation sites is 1. The molecule has 6 heteroatoms. The van der Waals surface area contributed by atoms with E-state index in [1.807, 2.05) is 17.0 Å². The molecule has 0 radical (unpaired) electrons. The lowest BCUT2D eigenvalue weighted by atomic mass is 9.60. The lowest BCUT2D eigenvalue weighted by Gasteiger charge is -2.47. The Bertz CT molecular complexity index is 1170. The molecule has 2 amide bonds. The standard InChI is InChI=1S/C33H43N3O3/c37-30(35-20-22-36(23-21-35)31(38)33(39)18-19-33)26-14-12-25(13-15-26)28-24-34-29-11-7-6-10-27(29)32(28)16-8-4-2-1-3-5-9-17-32/h6-7,10-15,28,34,39H,1-5,8-9,16-24H2. The Labute approximate surface area is 232 Å². The van der Waals surface area contributed by atoms with Gasteiger partial charge in [-0.1, -0.05) is 75.3 Å². The van der Waals surface area contributed by atoms with E-state index in [1.165, 1.54) is 74.6 Å². The number of rotatable bonds is 3. The Morgan fingerprint density at radius 2 is 1.33 bits per heavy atom. The molecular weight excluding hydrogens is 486 g/mol. The number of anilines is 1. The summed E-state index contributed by atoms with van der Waals surface area (Å²) in [5, 5.41) is 13.9. The van der Waals surface area contributed by atoms with Crippen molar-refractivity contribution in [1.82, 2.24) is 9.80 Å². The molecule has 0 bridgehead atoms. The van der Waals surface area contributed by atoms with Crippen LogP contribution in [0.2, 0.25) is 0 Å². The molecule has 4 aliphatic rings. The van der Waals surface area contributed by atoms with Gasteiger partial charge in [0.05, 0.1) is 0 Å². The zero-order chi connectivity index (χ0) is 26.9. The van der Waals surface area contributed by atoms with Gasteiger partial charge in [-0.15, -0.1) is 0 Å². The van der Waals surface area contributed by atoms with Crippen LogP contribution >= 0.6 is 0 Å². The second-order valence-corrected chi connectivity index (χ2v) is 12.3. The van der Waals surface area contributed by atoms with Crippen molar-refractivity contribution in [3.05, 3.63) is 65.2 Å². The molecule has 1 spiro atoms. The van der Waals surface area contributed by atoms with Gasteiger partial charge < -0.3 is 20.2 Å². The highest BCUT2D eigenvalue weighted by molar-refractivity contribution is 5.94. The largest absolute Gasteiger partial charge is 0.384 e. The Hall–Kier alpha value is -2.86. The van der Waals surface area contributed by atoms with Gasteiger partial charge >= 0.3 is 0 Å². The van der Waals surface area contributed by atoms with E-state index in [4.69, 9.17) is 0 Å². The molecular formula is C33H43N3O3. The topological polar surface area (TPSA) is 72.9 Å². The number of benzene rings is 2. The molecule has 2 aliphatic carbocycles. The predicted octanol–water partition coefficient (Wildman–Crippen LogP) is 5.47. The summed E-state index contributed by atoms with van der Waals surface area (Å²) in [6.45, 7) is 2.91. The van der Waals surface area contributed by atoms with Crippen LogP contribution in [0.5, 0.6) is 0 Å². The summed E-state index contributed by atoms with van der Waals surface area (Å²) in [5.41, 5.74) is 3.79. The van der Waals surface area contributed by atoms with Gasteiger partial charge in [0.25, 0.3) is 11.8 Å². The summed E-state index contributed by atoms with van der Waals surface area (Å²) >= 11 is 0. The van der Waals surface area contributed by atoms with Gasteiger partial charge in [-0.25, -0.2) is 0 Å². The fourth-order valence-corrected chi connectivity index (χ4v) is 7.39. The van der Waals surface area contributed by atoms with Crippen LogP contribution in [0.3, 0.4) is 0 Å². The van der Waals surface area contributed by atoms with Crippen molar-refractivity contribution in [2.45, 2.75) is 87.6 Å². The predicted molar refractivity (Wildman–Crippen MR) is 154 cm³/mol. The van der Waals surface area contributed by atoms with Crippen LogP contribution < -0.4 is 5.32 Å². The van der Waals surface area contributed by atoms with Crippen molar-refractivity contribution in [2.75, 3.05) is 38.0 Å². The Kier molecular flexibility index (Phi) is 7.41. The molecule has 2 heterocycles. The van der Waals surface area contributed by atoms with Crippen LogP contribution in [0.1, 0.15) is 98.0 Å². The van der Waals surface area contributed by atoms with Gasteiger partial charge in [-0.2, -0.15) is 0 Å². The Balaban J connectivity index is 1.19. The van der Waals surface area contributed by atoms with E-state index in [-0.39, 0.29) is 17.2 Å². The number of nitrogens with zero attached hydrogens (tertiary/aromatic N) is 2. The summed E-state index contributed by atoms with van der Waals surface area (Å²) in [4.78, 5) is 29.4. The number of fused-ring (bicyclic) bond motifs is 2. The molecule has 3 fully saturated rings. The lowest BCUT2D eigenvalue weighted by Crippen LogP contribution is -2.53. The van der Waals surface area contributed by atoms with E-state index in [1.54, 1.807) is 4.90 Å². The van der Waals surface area contributed by atoms with Crippen LogP contribution in [0, 0.1) is 0 Å². The first kappa shape index (κ1) is 26.4. The van der Waals surface area contributed by atoms with E-state index in [2.05, 4.69) is 41.7 Å². The highest BCUT2D eigenvalue weighted by atomic mass is 16.3. The molecule has 6 rings (SSSR count). The molecule has 1 saturated heterocycles. The van der Waals surface area contributed by atoms with Crippen molar-refractivity contribution in [3.63, 3.8) is 0 Å². The summed E-state index contributed by atoms with van der Waals surface area (Å²) in [7, 11) is 0. The number of carbonyl (C=O) groups is 2. The van der Waals surface area contributed by atoms with Crippen molar-refractivity contribution in [1.29, 1.82) is 0 Å². The van der Waals surface area contributed by atoms with E-state index in [0.717, 1.165) is 6.54 Å². The molecule has 0 aromatic heterocycles.